The molecule has 2 aromatic rings. The maximum absolute atomic E-state index is 12.6. The van der Waals surface area contributed by atoms with Crippen LogP contribution in [0.3, 0.4) is 0 Å². The Hall–Kier alpha value is -1.56. The van der Waals surface area contributed by atoms with Crippen molar-refractivity contribution in [3.63, 3.8) is 0 Å². The second-order valence-electron chi connectivity index (χ2n) is 6.08. The minimum absolute atomic E-state index is 0.0291. The number of carbonyl (C=O) groups excluding carboxylic acids is 1. The molecule has 25 heavy (non-hydrogen) atoms. The van der Waals surface area contributed by atoms with E-state index in [2.05, 4.69) is 22.0 Å². The minimum Gasteiger partial charge on any atom is -0.319 e. The number of ketones is 1. The molecule has 3 rings (SSSR count). The average molecular weight is 376 g/mol. The van der Waals surface area contributed by atoms with Gasteiger partial charge in [0.05, 0.1) is 6.20 Å². The molecule has 0 aliphatic carbocycles. The van der Waals surface area contributed by atoms with Crippen LogP contribution in [0.4, 0.5) is 0 Å². The Morgan fingerprint density at radius 1 is 1.28 bits per heavy atom. The molecule has 0 atom stereocenters. The molecule has 0 unspecified atom stereocenters. The number of nitrogens with zero attached hydrogens (tertiary/aromatic N) is 3. The highest BCUT2D eigenvalue weighted by Gasteiger charge is 2.16. The van der Waals surface area contributed by atoms with Crippen LogP contribution < -0.4 is 0 Å². The predicted molar refractivity (Wildman–Crippen MR) is 104 cm³/mol. The first kappa shape index (κ1) is 18.2. The van der Waals surface area contributed by atoms with E-state index in [1.165, 1.54) is 0 Å². The summed E-state index contributed by atoms with van der Waals surface area (Å²) in [6.07, 6.45) is 8.42. The van der Waals surface area contributed by atoms with Crippen LogP contribution in [0, 0.1) is 0 Å². The van der Waals surface area contributed by atoms with E-state index in [0.29, 0.717) is 16.3 Å². The molecule has 6 heteroatoms. The Morgan fingerprint density at radius 3 is 2.80 bits per heavy atom. The van der Waals surface area contributed by atoms with Crippen LogP contribution in [0.15, 0.2) is 47.8 Å². The Kier molecular flexibility index (Phi) is 6.34. The van der Waals surface area contributed by atoms with Crippen LogP contribution in [-0.2, 0) is 7.05 Å². The fourth-order valence-electron chi connectivity index (χ4n) is 2.83. The standard InChI is InChI=1S/C19H22ClN3OS/c1-22-17(18(24)15-6-8-16(20)9-7-15)14-21-19(22)25-13-5-12-23-10-3-2-4-11-23/h2-3,6-9,14H,4-5,10-13H2,1H3. The summed E-state index contributed by atoms with van der Waals surface area (Å²) in [5, 5.41) is 1.51. The van der Waals surface area contributed by atoms with Crippen molar-refractivity contribution in [2.75, 3.05) is 25.4 Å². The smallest absolute Gasteiger partial charge is 0.211 e. The van der Waals surface area contributed by atoms with Gasteiger partial charge in [0.15, 0.2) is 5.16 Å². The second-order valence-corrected chi connectivity index (χ2v) is 7.58. The number of imidazole rings is 1. The molecule has 0 bridgehead atoms. The number of carbonyl (C=O) groups is 1. The van der Waals surface area contributed by atoms with Gasteiger partial charge in [-0.05, 0) is 43.7 Å². The predicted octanol–water partition coefficient (Wildman–Crippen LogP) is 4.05. The van der Waals surface area contributed by atoms with Crippen molar-refractivity contribution in [1.82, 2.24) is 14.5 Å². The van der Waals surface area contributed by atoms with Crippen molar-refractivity contribution in [1.29, 1.82) is 0 Å². The Labute approximate surface area is 157 Å². The van der Waals surface area contributed by atoms with E-state index >= 15 is 0 Å². The highest BCUT2D eigenvalue weighted by molar-refractivity contribution is 7.99. The van der Waals surface area contributed by atoms with Gasteiger partial charge in [-0.2, -0.15) is 0 Å². The van der Waals surface area contributed by atoms with Crippen LogP contribution in [0.2, 0.25) is 5.02 Å². The van der Waals surface area contributed by atoms with Gasteiger partial charge in [0.25, 0.3) is 0 Å². The summed E-state index contributed by atoms with van der Waals surface area (Å²) in [6, 6.07) is 6.96. The molecule has 1 aliphatic rings. The summed E-state index contributed by atoms with van der Waals surface area (Å²) in [5.41, 5.74) is 1.23. The minimum atomic E-state index is -0.0291. The van der Waals surface area contributed by atoms with Crippen LogP contribution >= 0.6 is 23.4 Å². The summed E-state index contributed by atoms with van der Waals surface area (Å²) < 4.78 is 1.88. The highest BCUT2D eigenvalue weighted by atomic mass is 35.5. The van der Waals surface area contributed by atoms with Crippen LogP contribution in [-0.4, -0.2) is 45.6 Å². The maximum atomic E-state index is 12.6. The lowest BCUT2D eigenvalue weighted by atomic mass is 10.1. The normalized spacial score (nSPS) is 14.8. The lowest BCUT2D eigenvalue weighted by Crippen LogP contribution is -2.28. The van der Waals surface area contributed by atoms with Crippen molar-refractivity contribution >= 4 is 29.1 Å². The summed E-state index contributed by atoms with van der Waals surface area (Å²) in [6.45, 7) is 3.33. The van der Waals surface area contributed by atoms with E-state index in [0.717, 1.165) is 43.4 Å². The van der Waals surface area contributed by atoms with Crippen molar-refractivity contribution in [3.8, 4) is 0 Å². The molecular formula is C19H22ClN3OS. The third kappa shape index (κ3) is 4.75. The highest BCUT2D eigenvalue weighted by Crippen LogP contribution is 2.21. The Bertz CT molecular complexity index is 755. The topological polar surface area (TPSA) is 38.1 Å². The molecule has 4 nitrogen and oxygen atoms in total. The van der Waals surface area contributed by atoms with Gasteiger partial charge in [0, 0.05) is 36.5 Å². The maximum Gasteiger partial charge on any atom is 0.211 e. The average Bonchev–Trinajstić information content (AvgIpc) is 3.00. The zero-order valence-corrected chi connectivity index (χ0v) is 15.9. The lowest BCUT2D eigenvalue weighted by Gasteiger charge is -2.22. The third-order valence-corrected chi connectivity index (χ3v) is 5.66. The summed E-state index contributed by atoms with van der Waals surface area (Å²) in [5.74, 6) is 0.971. The second kappa shape index (κ2) is 8.70. The molecule has 2 heterocycles. The van der Waals surface area contributed by atoms with Crippen molar-refractivity contribution in [2.24, 2.45) is 7.05 Å². The number of hydrogen-bond donors (Lipinski definition) is 0. The molecule has 0 radical (unpaired) electrons. The first-order chi connectivity index (χ1) is 12.1. The van der Waals surface area contributed by atoms with Gasteiger partial charge in [-0.15, -0.1) is 0 Å². The van der Waals surface area contributed by atoms with Crippen molar-refractivity contribution in [3.05, 3.63) is 58.9 Å². The molecule has 132 valence electrons. The first-order valence-electron chi connectivity index (χ1n) is 8.47. The van der Waals surface area contributed by atoms with Crippen LogP contribution in [0.5, 0.6) is 0 Å². The van der Waals surface area contributed by atoms with Crippen LogP contribution in [0.25, 0.3) is 0 Å². The number of aromatic nitrogens is 2. The molecule has 0 amide bonds. The molecule has 0 saturated carbocycles. The summed E-state index contributed by atoms with van der Waals surface area (Å²) in [7, 11) is 1.90. The zero-order chi connectivity index (χ0) is 17.6. The molecule has 0 spiro atoms. The molecule has 1 aliphatic heterocycles. The molecular weight excluding hydrogens is 354 g/mol. The van der Waals surface area contributed by atoms with Gasteiger partial charge in [-0.1, -0.05) is 35.5 Å². The summed E-state index contributed by atoms with van der Waals surface area (Å²) in [4.78, 5) is 19.5. The van der Waals surface area contributed by atoms with Gasteiger partial charge in [-0.25, -0.2) is 4.98 Å². The van der Waals surface area contributed by atoms with E-state index in [1.54, 1.807) is 42.2 Å². The summed E-state index contributed by atoms with van der Waals surface area (Å²) >= 11 is 7.59. The molecule has 0 fully saturated rings. The molecule has 1 aromatic heterocycles. The lowest BCUT2D eigenvalue weighted by molar-refractivity contribution is 0.103. The zero-order valence-electron chi connectivity index (χ0n) is 14.3. The van der Waals surface area contributed by atoms with Gasteiger partial charge >= 0.3 is 0 Å². The number of halogens is 1. The number of rotatable bonds is 7. The number of hydrogen-bond acceptors (Lipinski definition) is 4. The van der Waals surface area contributed by atoms with Gasteiger partial charge < -0.3 is 4.57 Å². The quantitative estimate of drug-likeness (QED) is 0.317. The van der Waals surface area contributed by atoms with E-state index in [1.807, 2.05) is 11.6 Å². The Balaban J connectivity index is 1.54. The SMILES string of the molecule is Cn1c(C(=O)c2ccc(Cl)cc2)cnc1SCCCN1CC=CCC1. The molecule has 1 aromatic carbocycles. The monoisotopic (exact) mass is 375 g/mol. The Morgan fingerprint density at radius 2 is 2.08 bits per heavy atom. The van der Waals surface area contributed by atoms with E-state index in [9.17, 15) is 4.79 Å². The van der Waals surface area contributed by atoms with Crippen molar-refractivity contribution in [2.45, 2.75) is 18.0 Å². The number of thioether (sulfide) groups is 1. The van der Waals surface area contributed by atoms with Gasteiger partial charge in [0.1, 0.15) is 5.69 Å². The third-order valence-electron chi connectivity index (χ3n) is 4.28. The number of benzene rings is 1. The largest absolute Gasteiger partial charge is 0.319 e. The molecule has 0 N–H and O–H groups in total. The van der Waals surface area contributed by atoms with E-state index in [-0.39, 0.29) is 5.78 Å². The molecule has 0 saturated heterocycles. The van der Waals surface area contributed by atoms with Crippen LogP contribution in [0.1, 0.15) is 28.9 Å². The fourth-order valence-corrected chi connectivity index (χ4v) is 3.83. The van der Waals surface area contributed by atoms with E-state index < -0.39 is 0 Å². The van der Waals surface area contributed by atoms with Gasteiger partial charge in [-0.3, -0.25) is 9.69 Å². The first-order valence-corrected chi connectivity index (χ1v) is 9.83. The van der Waals surface area contributed by atoms with E-state index in [4.69, 9.17) is 11.6 Å². The van der Waals surface area contributed by atoms with Gasteiger partial charge in [0.2, 0.25) is 5.78 Å². The van der Waals surface area contributed by atoms with Crippen molar-refractivity contribution < 1.29 is 4.79 Å². The fraction of sp³-hybridized carbons (Fsp3) is 0.368.